The summed E-state index contributed by atoms with van der Waals surface area (Å²) in [7, 11) is 0. The third-order valence-electron chi connectivity index (χ3n) is 6.15. The number of hydrogen-bond acceptors (Lipinski definition) is 4. The summed E-state index contributed by atoms with van der Waals surface area (Å²) in [6.07, 6.45) is 34.5. The Balaban J connectivity index is 3.49. The molecule has 0 saturated carbocycles. The van der Waals surface area contributed by atoms with E-state index in [2.05, 4.69) is 50.3 Å². The SMILES string of the molecule is CCC/C=C\C/C=C\CCCCCCCCOCC(CO)OC(=O)CCCCCCC/C=C\CCC. The van der Waals surface area contributed by atoms with Crippen molar-refractivity contribution in [3.63, 3.8) is 0 Å². The first-order valence-corrected chi connectivity index (χ1v) is 15.1. The van der Waals surface area contributed by atoms with Crippen LogP contribution in [0.3, 0.4) is 0 Å². The molecule has 0 amide bonds. The Hall–Kier alpha value is -1.39. The molecule has 0 aromatic heterocycles. The average Bonchev–Trinajstić information content (AvgIpc) is 2.88. The number of ether oxygens (including phenoxy) is 2. The molecule has 0 radical (unpaired) electrons. The lowest BCUT2D eigenvalue weighted by atomic mass is 10.1. The Labute approximate surface area is 223 Å². The summed E-state index contributed by atoms with van der Waals surface area (Å²) < 4.78 is 11.0. The van der Waals surface area contributed by atoms with E-state index in [-0.39, 0.29) is 19.2 Å². The van der Waals surface area contributed by atoms with Gasteiger partial charge in [-0.1, -0.05) is 108 Å². The number of carbonyl (C=O) groups excluding carboxylic acids is 1. The topological polar surface area (TPSA) is 55.8 Å². The van der Waals surface area contributed by atoms with Crippen LogP contribution in [0.4, 0.5) is 0 Å². The third-order valence-corrected chi connectivity index (χ3v) is 6.15. The molecular weight excluding hydrogens is 448 g/mol. The monoisotopic (exact) mass is 506 g/mol. The van der Waals surface area contributed by atoms with E-state index in [0.717, 1.165) is 44.9 Å². The van der Waals surface area contributed by atoms with Crippen LogP contribution in [0.2, 0.25) is 0 Å². The number of unbranched alkanes of at least 4 members (excludes halogenated alkanes) is 13. The Morgan fingerprint density at radius 3 is 1.78 bits per heavy atom. The van der Waals surface area contributed by atoms with Crippen LogP contribution >= 0.6 is 0 Å². The van der Waals surface area contributed by atoms with Gasteiger partial charge in [-0.15, -0.1) is 0 Å². The van der Waals surface area contributed by atoms with E-state index in [4.69, 9.17) is 9.47 Å². The van der Waals surface area contributed by atoms with Gasteiger partial charge in [-0.3, -0.25) is 4.79 Å². The minimum Gasteiger partial charge on any atom is -0.457 e. The van der Waals surface area contributed by atoms with E-state index in [1.807, 2.05) is 0 Å². The summed E-state index contributed by atoms with van der Waals surface area (Å²) in [6.45, 7) is 5.17. The molecule has 36 heavy (non-hydrogen) atoms. The van der Waals surface area contributed by atoms with Crippen LogP contribution in [0.15, 0.2) is 36.5 Å². The largest absolute Gasteiger partial charge is 0.457 e. The number of esters is 1. The molecule has 0 fully saturated rings. The van der Waals surface area contributed by atoms with Gasteiger partial charge >= 0.3 is 5.97 Å². The van der Waals surface area contributed by atoms with Crippen molar-refractivity contribution in [1.82, 2.24) is 0 Å². The molecule has 0 aromatic rings. The molecule has 1 atom stereocenters. The van der Waals surface area contributed by atoms with Gasteiger partial charge in [0.25, 0.3) is 0 Å². The molecule has 1 unspecified atom stereocenters. The fourth-order valence-electron chi connectivity index (χ4n) is 3.89. The van der Waals surface area contributed by atoms with Crippen LogP contribution in [0.25, 0.3) is 0 Å². The first-order valence-electron chi connectivity index (χ1n) is 15.1. The van der Waals surface area contributed by atoms with Gasteiger partial charge in [0.05, 0.1) is 13.2 Å². The summed E-state index contributed by atoms with van der Waals surface area (Å²) in [5.41, 5.74) is 0. The molecule has 0 aliphatic rings. The highest BCUT2D eigenvalue weighted by atomic mass is 16.6. The first-order chi connectivity index (χ1) is 17.7. The Morgan fingerprint density at radius 1 is 0.667 bits per heavy atom. The molecule has 4 nitrogen and oxygen atoms in total. The second-order valence-electron chi connectivity index (χ2n) is 9.81. The summed E-state index contributed by atoms with van der Waals surface area (Å²) >= 11 is 0. The Bertz CT molecular complexity index is 538. The molecule has 0 spiro atoms. The van der Waals surface area contributed by atoms with Gasteiger partial charge in [-0.2, -0.15) is 0 Å². The number of rotatable bonds is 27. The maximum Gasteiger partial charge on any atom is 0.306 e. The van der Waals surface area contributed by atoms with Gasteiger partial charge in [0, 0.05) is 13.0 Å². The minimum atomic E-state index is -0.539. The lowest BCUT2D eigenvalue weighted by molar-refractivity contribution is -0.154. The third kappa shape index (κ3) is 27.2. The molecule has 0 saturated heterocycles. The van der Waals surface area contributed by atoms with Gasteiger partial charge in [0.15, 0.2) is 0 Å². The van der Waals surface area contributed by atoms with Crippen LogP contribution in [0.1, 0.15) is 136 Å². The lowest BCUT2D eigenvalue weighted by Crippen LogP contribution is -2.27. The number of aliphatic hydroxyl groups is 1. The number of hydrogen-bond donors (Lipinski definition) is 1. The summed E-state index contributed by atoms with van der Waals surface area (Å²) in [5, 5.41) is 9.48. The van der Waals surface area contributed by atoms with Gasteiger partial charge < -0.3 is 14.6 Å². The zero-order valence-corrected chi connectivity index (χ0v) is 23.8. The van der Waals surface area contributed by atoms with Crippen molar-refractivity contribution in [3.8, 4) is 0 Å². The van der Waals surface area contributed by atoms with Gasteiger partial charge in [-0.05, 0) is 57.8 Å². The van der Waals surface area contributed by atoms with Crippen LogP contribution < -0.4 is 0 Å². The average molecular weight is 507 g/mol. The smallest absolute Gasteiger partial charge is 0.306 e. The molecule has 210 valence electrons. The fraction of sp³-hybridized carbons (Fsp3) is 0.781. The van der Waals surface area contributed by atoms with Crippen molar-refractivity contribution in [2.45, 2.75) is 142 Å². The van der Waals surface area contributed by atoms with Crippen molar-refractivity contribution in [2.24, 2.45) is 0 Å². The predicted molar refractivity (Wildman–Crippen MR) is 154 cm³/mol. The van der Waals surface area contributed by atoms with Gasteiger partial charge in [-0.25, -0.2) is 0 Å². The molecule has 0 aliphatic carbocycles. The highest BCUT2D eigenvalue weighted by Gasteiger charge is 2.13. The summed E-state index contributed by atoms with van der Waals surface area (Å²) in [5.74, 6) is -0.219. The van der Waals surface area contributed by atoms with E-state index in [9.17, 15) is 9.90 Å². The van der Waals surface area contributed by atoms with E-state index in [1.165, 1.54) is 70.6 Å². The van der Waals surface area contributed by atoms with Crippen molar-refractivity contribution in [3.05, 3.63) is 36.5 Å². The molecule has 0 bridgehead atoms. The number of allylic oxidation sites excluding steroid dienone is 6. The molecule has 0 aliphatic heterocycles. The predicted octanol–water partition coefficient (Wildman–Crippen LogP) is 9.03. The van der Waals surface area contributed by atoms with E-state index < -0.39 is 6.10 Å². The summed E-state index contributed by atoms with van der Waals surface area (Å²) in [6, 6.07) is 0. The highest BCUT2D eigenvalue weighted by molar-refractivity contribution is 5.69. The van der Waals surface area contributed by atoms with Crippen LogP contribution in [0, 0.1) is 0 Å². The quantitative estimate of drug-likeness (QED) is 0.0686. The van der Waals surface area contributed by atoms with E-state index in [1.54, 1.807) is 0 Å². The summed E-state index contributed by atoms with van der Waals surface area (Å²) in [4.78, 5) is 12.0. The van der Waals surface area contributed by atoms with Crippen molar-refractivity contribution in [1.29, 1.82) is 0 Å². The molecule has 4 heteroatoms. The standard InChI is InChI=1S/C32H58O4/c1-3-5-7-9-11-13-15-16-17-18-20-22-24-26-28-35-30-31(29-33)36-32(34)27-25-23-21-19-14-12-10-8-6-4-2/h7-10,13,15,31,33H,3-6,11-12,14,16-30H2,1-2H3/b9-7-,10-8-,15-13-. The zero-order valence-electron chi connectivity index (χ0n) is 23.8. The zero-order chi connectivity index (χ0) is 26.4. The van der Waals surface area contributed by atoms with Crippen molar-refractivity contribution in [2.75, 3.05) is 19.8 Å². The minimum absolute atomic E-state index is 0.180. The van der Waals surface area contributed by atoms with Crippen LogP contribution in [-0.2, 0) is 14.3 Å². The number of aliphatic hydroxyl groups excluding tert-OH is 1. The first kappa shape index (κ1) is 34.6. The van der Waals surface area contributed by atoms with Crippen LogP contribution in [-0.4, -0.2) is 37.0 Å². The normalized spacial score (nSPS) is 12.9. The van der Waals surface area contributed by atoms with E-state index in [0.29, 0.717) is 13.0 Å². The lowest BCUT2D eigenvalue weighted by Gasteiger charge is -2.15. The molecule has 1 N–H and O–H groups in total. The molecular formula is C32H58O4. The van der Waals surface area contributed by atoms with Crippen molar-refractivity contribution >= 4 is 5.97 Å². The fourth-order valence-corrected chi connectivity index (χ4v) is 3.89. The van der Waals surface area contributed by atoms with Gasteiger partial charge in [0.1, 0.15) is 6.10 Å². The van der Waals surface area contributed by atoms with E-state index >= 15 is 0 Å². The van der Waals surface area contributed by atoms with Crippen molar-refractivity contribution < 1.29 is 19.4 Å². The molecule has 0 rings (SSSR count). The second-order valence-corrected chi connectivity index (χ2v) is 9.81. The molecule has 0 aromatic carbocycles. The molecule has 0 heterocycles. The Morgan fingerprint density at radius 2 is 1.17 bits per heavy atom. The second kappa shape index (κ2) is 29.8. The Kier molecular flexibility index (Phi) is 28.7. The number of carbonyl (C=O) groups is 1. The van der Waals surface area contributed by atoms with Crippen LogP contribution in [0.5, 0.6) is 0 Å². The maximum atomic E-state index is 12.0. The van der Waals surface area contributed by atoms with Gasteiger partial charge in [0.2, 0.25) is 0 Å². The highest BCUT2D eigenvalue weighted by Crippen LogP contribution is 2.10. The maximum absolute atomic E-state index is 12.0.